The smallest absolute Gasteiger partial charge is 0.327 e. The van der Waals surface area contributed by atoms with E-state index in [1.807, 2.05) is 0 Å². The molecule has 0 heterocycles. The van der Waals surface area contributed by atoms with Crippen molar-refractivity contribution < 1.29 is 13.2 Å². The van der Waals surface area contributed by atoms with Gasteiger partial charge in [-0.1, -0.05) is 38.5 Å². The average molecular weight is 271 g/mol. The van der Waals surface area contributed by atoms with E-state index in [9.17, 15) is 13.2 Å². The van der Waals surface area contributed by atoms with E-state index in [-0.39, 0.29) is 6.42 Å². The van der Waals surface area contributed by atoms with E-state index in [2.05, 4.69) is 0 Å². The van der Waals surface area contributed by atoms with Gasteiger partial charge in [0.05, 0.1) is 0 Å². The van der Waals surface area contributed by atoms with Gasteiger partial charge in [-0.2, -0.15) is 13.2 Å². The molecule has 0 saturated heterocycles. The summed E-state index contributed by atoms with van der Waals surface area (Å²) in [6.07, 6.45) is 1.05. The first-order valence-corrected chi connectivity index (χ1v) is 8.58. The molecule has 0 aromatic rings. The summed E-state index contributed by atoms with van der Waals surface area (Å²) in [5.41, 5.74) is 0. The van der Waals surface area contributed by atoms with Crippen molar-refractivity contribution in [1.29, 1.82) is 0 Å². The second kappa shape index (κ2) is 8.07. The SMILES string of the molecule is N[Si](N)(N)CCCCCCCCCC(F)(F)F. The maximum atomic E-state index is 11.8. The molecule has 0 radical (unpaired) electrons. The number of alkyl halides is 3. The molecule has 0 unspecified atom stereocenters. The van der Waals surface area contributed by atoms with Gasteiger partial charge < -0.3 is 16.2 Å². The first-order chi connectivity index (χ1) is 7.71. The molecule has 6 N–H and O–H groups in total. The molecule has 104 valence electrons. The van der Waals surface area contributed by atoms with Crippen molar-refractivity contribution in [2.75, 3.05) is 0 Å². The highest BCUT2D eigenvalue weighted by molar-refractivity contribution is 6.70. The molecule has 0 aliphatic rings. The number of nitrogens with two attached hydrogens (primary N) is 3. The lowest BCUT2D eigenvalue weighted by molar-refractivity contribution is -0.135. The van der Waals surface area contributed by atoms with Gasteiger partial charge in [0, 0.05) is 6.42 Å². The van der Waals surface area contributed by atoms with E-state index in [1.165, 1.54) is 0 Å². The molecule has 0 fully saturated rings. The van der Waals surface area contributed by atoms with Gasteiger partial charge in [0.15, 0.2) is 0 Å². The van der Waals surface area contributed by atoms with Crippen molar-refractivity contribution in [3.05, 3.63) is 0 Å². The highest BCUT2D eigenvalue weighted by Crippen LogP contribution is 2.23. The van der Waals surface area contributed by atoms with Crippen molar-refractivity contribution in [3.63, 3.8) is 0 Å². The Morgan fingerprint density at radius 3 is 1.53 bits per heavy atom. The number of halogens is 3. The Bertz CT molecular complexity index is 172. The zero-order chi connectivity index (χ0) is 13.4. The van der Waals surface area contributed by atoms with Crippen LogP contribution in [0.15, 0.2) is 0 Å². The highest BCUT2D eigenvalue weighted by atomic mass is 28.4. The quantitative estimate of drug-likeness (QED) is 0.445. The molecule has 0 aliphatic heterocycles. The molecule has 3 nitrogen and oxygen atoms in total. The van der Waals surface area contributed by atoms with Crippen LogP contribution >= 0.6 is 0 Å². The zero-order valence-corrected chi connectivity index (χ0v) is 11.2. The Morgan fingerprint density at radius 2 is 1.12 bits per heavy atom. The van der Waals surface area contributed by atoms with Gasteiger partial charge >= 0.3 is 6.18 Å². The summed E-state index contributed by atoms with van der Waals surface area (Å²) >= 11 is 0. The molecule has 0 aromatic carbocycles. The highest BCUT2D eigenvalue weighted by Gasteiger charge is 2.25. The molecule has 17 heavy (non-hydrogen) atoms. The Labute approximate surface area is 102 Å². The van der Waals surface area contributed by atoms with Crippen molar-refractivity contribution in [1.82, 2.24) is 0 Å². The van der Waals surface area contributed by atoms with Crippen LogP contribution in [0.5, 0.6) is 0 Å². The Kier molecular flexibility index (Phi) is 8.02. The normalized spacial score (nSPS) is 13.1. The topological polar surface area (TPSA) is 78.1 Å². The minimum atomic E-state index is -4.00. The first kappa shape index (κ1) is 16.9. The van der Waals surface area contributed by atoms with Gasteiger partial charge in [0.2, 0.25) is 0 Å². The predicted molar refractivity (Wildman–Crippen MR) is 66.1 cm³/mol. The number of rotatable bonds is 9. The summed E-state index contributed by atoms with van der Waals surface area (Å²) in [6.45, 7) is 0. The van der Waals surface area contributed by atoms with Gasteiger partial charge in [-0.25, -0.2) is 0 Å². The van der Waals surface area contributed by atoms with Crippen molar-refractivity contribution in [3.8, 4) is 0 Å². The van der Waals surface area contributed by atoms with Crippen LogP contribution in [0.2, 0.25) is 6.04 Å². The standard InChI is InChI=1S/C10H24F3N3Si/c11-10(12,13)8-6-4-2-1-3-5-7-9-17(14,15)16/h1-9,14-16H2. The van der Waals surface area contributed by atoms with Crippen LogP contribution in [0.4, 0.5) is 13.2 Å². The molecular weight excluding hydrogens is 247 g/mol. The second-order valence-corrected chi connectivity index (χ2v) is 7.43. The summed E-state index contributed by atoms with van der Waals surface area (Å²) in [6, 6.07) is 0.709. The molecule has 0 aromatic heterocycles. The summed E-state index contributed by atoms with van der Waals surface area (Å²) < 4.78 is 35.4. The van der Waals surface area contributed by atoms with Crippen LogP contribution in [-0.4, -0.2) is 14.7 Å². The first-order valence-electron chi connectivity index (χ1n) is 6.14. The van der Waals surface area contributed by atoms with Crippen LogP contribution in [0, 0.1) is 0 Å². The average Bonchev–Trinajstić information content (AvgIpc) is 2.11. The van der Waals surface area contributed by atoms with Crippen LogP contribution in [0.1, 0.15) is 51.4 Å². The van der Waals surface area contributed by atoms with E-state index >= 15 is 0 Å². The molecule has 0 saturated carbocycles. The minimum absolute atomic E-state index is 0.244. The second-order valence-electron chi connectivity index (χ2n) is 4.70. The maximum Gasteiger partial charge on any atom is 0.389 e. The molecule has 0 aliphatic carbocycles. The summed E-state index contributed by atoms with van der Waals surface area (Å²) in [7, 11) is -2.38. The van der Waals surface area contributed by atoms with Crippen LogP contribution in [0.25, 0.3) is 0 Å². The van der Waals surface area contributed by atoms with Gasteiger partial charge in [-0.05, 0) is 12.5 Å². The lowest BCUT2D eigenvalue weighted by atomic mass is 10.1. The third-order valence-corrected chi connectivity index (χ3v) is 3.79. The van der Waals surface area contributed by atoms with Gasteiger partial charge in [0.25, 0.3) is 8.56 Å². The van der Waals surface area contributed by atoms with E-state index < -0.39 is 21.2 Å². The van der Waals surface area contributed by atoms with Crippen LogP contribution < -0.4 is 16.2 Å². The summed E-state index contributed by atoms with van der Waals surface area (Å²) in [5.74, 6) is 0. The largest absolute Gasteiger partial charge is 0.389 e. The fraction of sp³-hybridized carbons (Fsp3) is 1.00. The Hall–Kier alpha value is -0.113. The van der Waals surface area contributed by atoms with E-state index in [0.717, 1.165) is 32.1 Å². The van der Waals surface area contributed by atoms with E-state index in [0.29, 0.717) is 12.5 Å². The summed E-state index contributed by atoms with van der Waals surface area (Å²) in [5, 5.41) is 16.6. The molecule has 0 rings (SSSR count). The van der Waals surface area contributed by atoms with Crippen molar-refractivity contribution in [2.45, 2.75) is 63.6 Å². The monoisotopic (exact) mass is 271 g/mol. The van der Waals surface area contributed by atoms with E-state index in [4.69, 9.17) is 16.2 Å². The van der Waals surface area contributed by atoms with Gasteiger partial charge in [-0.15, -0.1) is 0 Å². The number of hydrogen-bond donors (Lipinski definition) is 3. The van der Waals surface area contributed by atoms with Crippen LogP contribution in [0.3, 0.4) is 0 Å². The fourth-order valence-corrected chi connectivity index (χ4v) is 2.50. The van der Waals surface area contributed by atoms with Gasteiger partial charge in [-0.3, -0.25) is 0 Å². The molecule has 0 amide bonds. The Morgan fingerprint density at radius 1 is 0.706 bits per heavy atom. The van der Waals surface area contributed by atoms with E-state index in [1.54, 1.807) is 0 Å². The van der Waals surface area contributed by atoms with Gasteiger partial charge in [0.1, 0.15) is 0 Å². The third-order valence-electron chi connectivity index (χ3n) is 2.57. The number of hydrogen-bond acceptors (Lipinski definition) is 3. The molecule has 0 spiro atoms. The van der Waals surface area contributed by atoms with Crippen molar-refractivity contribution >= 4 is 8.56 Å². The molecule has 7 heteroatoms. The lowest BCUT2D eigenvalue weighted by Crippen LogP contribution is -2.64. The number of unbranched alkanes of at least 4 members (excludes halogenated alkanes) is 6. The predicted octanol–water partition coefficient (Wildman–Crippen LogP) is 2.48. The maximum absolute atomic E-state index is 11.8. The zero-order valence-electron chi connectivity index (χ0n) is 10.2. The minimum Gasteiger partial charge on any atom is -0.327 e. The van der Waals surface area contributed by atoms with Crippen LogP contribution in [-0.2, 0) is 0 Å². The van der Waals surface area contributed by atoms with Crippen molar-refractivity contribution in [2.24, 2.45) is 16.2 Å². The fourth-order valence-electron chi connectivity index (χ4n) is 1.64. The third kappa shape index (κ3) is 15.9. The lowest BCUT2D eigenvalue weighted by Gasteiger charge is -2.13. The Balaban J connectivity index is 3.15. The molecule has 0 atom stereocenters. The summed E-state index contributed by atoms with van der Waals surface area (Å²) in [4.78, 5) is 0. The molecule has 0 bridgehead atoms. The molecular formula is C10H24F3N3Si.